The summed E-state index contributed by atoms with van der Waals surface area (Å²) in [7, 11) is 0. The van der Waals surface area contributed by atoms with E-state index in [-0.39, 0.29) is 23.3 Å². The molecule has 0 aliphatic rings. The van der Waals surface area contributed by atoms with Crippen LogP contribution in [-0.4, -0.2) is 28.5 Å². The van der Waals surface area contributed by atoms with Crippen molar-refractivity contribution in [3.05, 3.63) is 123 Å². The highest BCUT2D eigenvalue weighted by Crippen LogP contribution is 2.31. The number of anilines is 2. The molecule has 0 aliphatic carbocycles. The first-order valence-electron chi connectivity index (χ1n) is 13.3. The van der Waals surface area contributed by atoms with E-state index in [2.05, 4.69) is 20.9 Å². The van der Waals surface area contributed by atoms with Crippen LogP contribution in [0.2, 0.25) is 0 Å². The van der Waals surface area contributed by atoms with Crippen molar-refractivity contribution >= 4 is 69.1 Å². The average Bonchev–Trinajstić information content (AvgIpc) is 3.66. The lowest BCUT2D eigenvalue weighted by Gasteiger charge is -2.12. The lowest BCUT2D eigenvalue weighted by atomic mass is 10.1. The summed E-state index contributed by atoms with van der Waals surface area (Å²) in [5.41, 5.74) is 4.97. The molecule has 0 aliphatic heterocycles. The lowest BCUT2D eigenvalue weighted by molar-refractivity contribution is -0.114. The van der Waals surface area contributed by atoms with Crippen LogP contribution in [-0.2, 0) is 9.59 Å². The van der Waals surface area contributed by atoms with E-state index in [0.717, 1.165) is 26.6 Å². The van der Waals surface area contributed by atoms with Gasteiger partial charge in [0.25, 0.3) is 11.8 Å². The van der Waals surface area contributed by atoms with Gasteiger partial charge < -0.3 is 16.0 Å². The number of aromatic nitrogens is 1. The van der Waals surface area contributed by atoms with Gasteiger partial charge in [-0.2, -0.15) is 11.3 Å². The van der Waals surface area contributed by atoms with Crippen LogP contribution >= 0.6 is 34.4 Å². The summed E-state index contributed by atoms with van der Waals surface area (Å²) in [6.45, 7) is 4.03. The summed E-state index contributed by atoms with van der Waals surface area (Å²) in [4.78, 5) is 45.3. The number of carbonyl (C=O) groups is 3. The van der Waals surface area contributed by atoms with E-state index < -0.39 is 5.91 Å². The Labute approximate surface area is 262 Å². The van der Waals surface area contributed by atoms with Crippen LogP contribution in [0.5, 0.6) is 0 Å². The summed E-state index contributed by atoms with van der Waals surface area (Å²) < 4.78 is 0. The van der Waals surface area contributed by atoms with Crippen LogP contribution in [0.4, 0.5) is 10.8 Å². The van der Waals surface area contributed by atoms with E-state index >= 15 is 0 Å². The fourth-order valence-corrected chi connectivity index (χ4v) is 6.29. The number of rotatable bonds is 10. The number of carbonyl (C=O) groups excluding carboxylic acids is 3. The zero-order valence-corrected chi connectivity index (χ0v) is 25.9. The molecule has 7 nitrogen and oxygen atoms in total. The highest BCUT2D eigenvalue weighted by molar-refractivity contribution is 8.00. The summed E-state index contributed by atoms with van der Waals surface area (Å²) in [6, 6.07) is 26.0. The number of nitrogens with zero attached hydrogens (tertiary/aromatic N) is 1. The fourth-order valence-electron chi connectivity index (χ4n) is 4.06. The Bertz CT molecular complexity index is 1760. The molecule has 0 spiro atoms. The molecule has 0 saturated carbocycles. The quantitative estimate of drug-likeness (QED) is 0.110. The normalized spacial score (nSPS) is 11.2. The van der Waals surface area contributed by atoms with Crippen LogP contribution in [0.1, 0.15) is 26.4 Å². The molecule has 43 heavy (non-hydrogen) atoms. The van der Waals surface area contributed by atoms with Gasteiger partial charge in [-0.15, -0.1) is 23.1 Å². The molecule has 2 heterocycles. The standard InChI is InChI=1S/C33H28N4O3S3/c1-21-11-13-24(14-12-21)30-22(2)43-33(37-30)36-29(38)20-42-27-10-6-9-26(18-27)34-32(40)28(17-23-15-16-41-19-23)35-31(39)25-7-4-3-5-8-25/h3-19H,20H2,1-2H3,(H,34,40)(H,35,39)(H,36,37,38)/b28-17-. The zero-order valence-electron chi connectivity index (χ0n) is 23.4. The average molecular weight is 625 g/mol. The smallest absolute Gasteiger partial charge is 0.272 e. The Balaban J connectivity index is 1.21. The lowest BCUT2D eigenvalue weighted by Crippen LogP contribution is -2.30. The van der Waals surface area contributed by atoms with Crippen molar-refractivity contribution in [2.75, 3.05) is 16.4 Å². The number of thiazole rings is 1. The summed E-state index contributed by atoms with van der Waals surface area (Å²) >= 11 is 4.29. The molecule has 0 fully saturated rings. The Morgan fingerprint density at radius 3 is 2.44 bits per heavy atom. The van der Waals surface area contributed by atoms with Crippen molar-refractivity contribution in [2.24, 2.45) is 0 Å². The van der Waals surface area contributed by atoms with Crippen LogP contribution < -0.4 is 16.0 Å². The van der Waals surface area contributed by atoms with Gasteiger partial charge in [0.2, 0.25) is 5.91 Å². The third-order valence-electron chi connectivity index (χ3n) is 6.21. The van der Waals surface area contributed by atoms with Crippen molar-refractivity contribution in [1.29, 1.82) is 0 Å². The van der Waals surface area contributed by atoms with Crippen LogP contribution in [0.3, 0.4) is 0 Å². The predicted octanol–water partition coefficient (Wildman–Crippen LogP) is 7.63. The van der Waals surface area contributed by atoms with Crippen molar-refractivity contribution in [3.8, 4) is 11.3 Å². The van der Waals surface area contributed by atoms with E-state index in [4.69, 9.17) is 0 Å². The van der Waals surface area contributed by atoms with Gasteiger partial charge in [0.05, 0.1) is 11.4 Å². The number of thiophene rings is 1. The molecule has 0 saturated heterocycles. The van der Waals surface area contributed by atoms with Crippen LogP contribution in [0, 0.1) is 13.8 Å². The second-order valence-electron chi connectivity index (χ2n) is 9.54. The first-order chi connectivity index (χ1) is 20.8. The van der Waals surface area contributed by atoms with Gasteiger partial charge in [0.15, 0.2) is 5.13 Å². The van der Waals surface area contributed by atoms with Crippen LogP contribution in [0.25, 0.3) is 17.3 Å². The van der Waals surface area contributed by atoms with Crippen molar-refractivity contribution < 1.29 is 14.4 Å². The number of benzene rings is 3. The number of hydrogen-bond donors (Lipinski definition) is 3. The molecule has 0 atom stereocenters. The van der Waals surface area contributed by atoms with E-state index in [9.17, 15) is 14.4 Å². The van der Waals surface area contributed by atoms with Gasteiger partial charge in [-0.3, -0.25) is 14.4 Å². The molecule has 3 aromatic carbocycles. The molecule has 216 valence electrons. The minimum Gasteiger partial charge on any atom is -0.321 e. The monoisotopic (exact) mass is 624 g/mol. The Morgan fingerprint density at radius 1 is 0.907 bits per heavy atom. The largest absolute Gasteiger partial charge is 0.321 e. The van der Waals surface area contributed by atoms with Gasteiger partial charge in [0, 0.05) is 26.6 Å². The predicted molar refractivity (Wildman–Crippen MR) is 178 cm³/mol. The van der Waals surface area contributed by atoms with Crippen LogP contribution in [0.15, 0.2) is 106 Å². The summed E-state index contributed by atoms with van der Waals surface area (Å²) in [5.74, 6) is -0.840. The van der Waals surface area contributed by atoms with E-state index in [1.807, 2.05) is 67.1 Å². The molecular formula is C33H28N4O3S3. The molecule has 0 unspecified atom stereocenters. The molecule has 2 aromatic heterocycles. The maximum absolute atomic E-state index is 13.3. The van der Waals surface area contributed by atoms with E-state index in [1.165, 1.54) is 40.0 Å². The number of nitrogens with one attached hydrogen (secondary N) is 3. The molecule has 10 heteroatoms. The third kappa shape index (κ3) is 8.29. The summed E-state index contributed by atoms with van der Waals surface area (Å²) in [6.07, 6.45) is 1.64. The highest BCUT2D eigenvalue weighted by Gasteiger charge is 2.16. The molecule has 3 amide bonds. The van der Waals surface area contributed by atoms with E-state index in [1.54, 1.807) is 48.5 Å². The van der Waals surface area contributed by atoms with Gasteiger partial charge >= 0.3 is 0 Å². The first-order valence-corrected chi connectivity index (χ1v) is 16.1. The number of thioether (sulfide) groups is 1. The second-order valence-corrected chi connectivity index (χ2v) is 12.6. The maximum Gasteiger partial charge on any atom is 0.272 e. The zero-order chi connectivity index (χ0) is 30.2. The van der Waals surface area contributed by atoms with Crippen molar-refractivity contribution in [3.63, 3.8) is 0 Å². The molecular weight excluding hydrogens is 597 g/mol. The van der Waals surface area contributed by atoms with E-state index in [0.29, 0.717) is 16.4 Å². The molecule has 0 radical (unpaired) electrons. The SMILES string of the molecule is Cc1ccc(-c2nc(NC(=O)CSc3cccc(NC(=O)/C(=C/c4ccsc4)NC(=O)c4ccccc4)c3)sc2C)cc1. The minimum absolute atomic E-state index is 0.119. The molecule has 3 N–H and O–H groups in total. The molecule has 0 bridgehead atoms. The fraction of sp³-hybridized carbons (Fsp3) is 0.0909. The van der Waals surface area contributed by atoms with Gasteiger partial charge in [0.1, 0.15) is 5.70 Å². The maximum atomic E-state index is 13.3. The Hall–Kier alpha value is -4.51. The first kappa shape index (κ1) is 30.0. The number of hydrogen-bond acceptors (Lipinski definition) is 7. The second kappa shape index (κ2) is 14.1. The number of aryl methyl sites for hydroxylation is 2. The third-order valence-corrected chi connectivity index (χ3v) is 8.79. The van der Waals surface area contributed by atoms with Gasteiger partial charge in [-0.25, -0.2) is 4.98 Å². The summed E-state index contributed by atoms with van der Waals surface area (Å²) in [5, 5.41) is 12.9. The van der Waals surface area contributed by atoms with Gasteiger partial charge in [-0.05, 0) is 72.6 Å². The molecule has 5 rings (SSSR count). The molecule has 5 aromatic rings. The Morgan fingerprint density at radius 2 is 1.70 bits per heavy atom. The minimum atomic E-state index is -0.459. The number of amides is 3. The van der Waals surface area contributed by atoms with Crippen molar-refractivity contribution in [1.82, 2.24) is 10.3 Å². The van der Waals surface area contributed by atoms with Crippen molar-refractivity contribution in [2.45, 2.75) is 18.7 Å². The van der Waals surface area contributed by atoms with Gasteiger partial charge in [-0.1, -0.05) is 54.1 Å². The topological polar surface area (TPSA) is 100 Å². The highest BCUT2D eigenvalue weighted by atomic mass is 32.2. The Kier molecular flexibility index (Phi) is 9.83.